The van der Waals surface area contributed by atoms with Crippen molar-refractivity contribution in [3.8, 4) is 11.4 Å². The summed E-state index contributed by atoms with van der Waals surface area (Å²) in [4.78, 5) is 22.6. The summed E-state index contributed by atoms with van der Waals surface area (Å²) in [6, 6.07) is 12.8. The van der Waals surface area contributed by atoms with Crippen LogP contribution in [0, 0.1) is 0 Å². The van der Waals surface area contributed by atoms with Crippen LogP contribution in [0.2, 0.25) is 5.02 Å². The van der Waals surface area contributed by atoms with Crippen molar-refractivity contribution in [2.45, 2.75) is 45.4 Å². The second kappa shape index (κ2) is 10.7. The molecule has 178 valence electrons. The van der Waals surface area contributed by atoms with Gasteiger partial charge in [-0.25, -0.2) is 14.8 Å². The maximum atomic E-state index is 13.1. The number of fused-ring (bicyclic) bond motifs is 2. The summed E-state index contributed by atoms with van der Waals surface area (Å²) in [6.45, 7) is 2.53. The van der Waals surface area contributed by atoms with Gasteiger partial charge in [-0.3, -0.25) is 4.57 Å². The number of nitrogens with two attached hydrogens (primary N) is 1. The Bertz CT molecular complexity index is 1320. The number of methoxy groups -OCH3 is 1. The Morgan fingerprint density at radius 3 is 2.44 bits per heavy atom. The van der Waals surface area contributed by atoms with E-state index < -0.39 is 5.97 Å². The second-order valence-corrected chi connectivity index (χ2v) is 8.61. The summed E-state index contributed by atoms with van der Waals surface area (Å²) in [5, 5.41) is 0.419. The summed E-state index contributed by atoms with van der Waals surface area (Å²) in [5.74, 6) is 0.244. The van der Waals surface area contributed by atoms with Crippen LogP contribution in [0.25, 0.3) is 27.9 Å². The van der Waals surface area contributed by atoms with Crippen LogP contribution in [0.3, 0.4) is 0 Å². The smallest absolute Gasteiger partial charge is 0.344 e. The highest BCUT2D eigenvalue weighted by Gasteiger charge is 2.26. The summed E-state index contributed by atoms with van der Waals surface area (Å²) in [7, 11) is 1.55. The molecule has 4 aromatic rings. The Hall–Kier alpha value is -3.32. The van der Waals surface area contributed by atoms with Crippen LogP contribution in [0.15, 0.2) is 42.5 Å². The minimum atomic E-state index is -0.501. The Morgan fingerprint density at radius 1 is 1.03 bits per heavy atom. The van der Waals surface area contributed by atoms with Crippen molar-refractivity contribution >= 4 is 45.6 Å². The van der Waals surface area contributed by atoms with Gasteiger partial charge in [0.1, 0.15) is 22.6 Å². The van der Waals surface area contributed by atoms with Gasteiger partial charge in [-0.1, -0.05) is 62.8 Å². The minimum Gasteiger partial charge on any atom is -0.495 e. The van der Waals surface area contributed by atoms with Gasteiger partial charge in [0.15, 0.2) is 5.65 Å². The number of benzene rings is 2. The number of aromatic nitrogens is 3. The first-order valence-electron chi connectivity index (χ1n) is 11.6. The molecule has 0 aliphatic carbocycles. The average Bonchev–Trinajstić information content (AvgIpc) is 3.12. The molecule has 0 radical (unpaired) electrons. The third-order valence-corrected chi connectivity index (χ3v) is 6.12. The van der Waals surface area contributed by atoms with Crippen LogP contribution in [0.4, 0.5) is 5.82 Å². The van der Waals surface area contributed by atoms with E-state index in [1.807, 2.05) is 30.3 Å². The highest BCUT2D eigenvalue weighted by Crippen LogP contribution is 2.34. The number of carbonyl (C=O) groups is 1. The molecule has 4 rings (SSSR count). The molecule has 2 N–H and O–H groups in total. The van der Waals surface area contributed by atoms with Crippen molar-refractivity contribution < 1.29 is 14.3 Å². The zero-order valence-corrected chi connectivity index (χ0v) is 20.3. The van der Waals surface area contributed by atoms with E-state index in [0.29, 0.717) is 45.3 Å². The van der Waals surface area contributed by atoms with E-state index in [0.717, 1.165) is 19.3 Å². The standard InChI is InChI=1S/C26H29ClN4O3/c1-3-4-5-6-7-10-15-34-26(32)22-23-25(30-20-12-9-8-11-19(20)29-23)31(24(22)28)17-13-14-21(33-2)18(27)16-17/h8-9,11-14,16H,3-7,10,15,28H2,1-2H3. The molecule has 7 nitrogen and oxygen atoms in total. The van der Waals surface area contributed by atoms with Gasteiger partial charge in [0.25, 0.3) is 0 Å². The molecule has 8 heteroatoms. The molecule has 2 aromatic heterocycles. The van der Waals surface area contributed by atoms with Gasteiger partial charge in [-0.05, 0) is 36.8 Å². The van der Waals surface area contributed by atoms with E-state index in [1.165, 1.54) is 19.3 Å². The Morgan fingerprint density at radius 2 is 1.74 bits per heavy atom. The Balaban J connectivity index is 1.71. The molecular weight excluding hydrogens is 452 g/mol. The fourth-order valence-corrected chi connectivity index (χ4v) is 4.29. The van der Waals surface area contributed by atoms with E-state index in [2.05, 4.69) is 6.92 Å². The normalized spacial score (nSPS) is 11.3. The first kappa shape index (κ1) is 23.8. The molecule has 0 fully saturated rings. The number of anilines is 1. The number of para-hydroxylation sites is 2. The lowest BCUT2D eigenvalue weighted by Gasteiger charge is -2.10. The number of halogens is 1. The minimum absolute atomic E-state index is 0.208. The van der Waals surface area contributed by atoms with Crippen LogP contribution in [-0.2, 0) is 4.74 Å². The second-order valence-electron chi connectivity index (χ2n) is 8.20. The number of nitrogens with zero attached hydrogens (tertiary/aromatic N) is 3. The molecule has 0 bridgehead atoms. The molecule has 0 unspecified atom stereocenters. The van der Waals surface area contributed by atoms with Gasteiger partial charge in [-0.15, -0.1) is 0 Å². The summed E-state index contributed by atoms with van der Waals surface area (Å²) in [5.41, 5.74) is 9.61. The number of esters is 1. The zero-order chi connectivity index (χ0) is 24.1. The van der Waals surface area contributed by atoms with E-state index >= 15 is 0 Å². The fourth-order valence-electron chi connectivity index (χ4n) is 4.04. The van der Waals surface area contributed by atoms with Crippen LogP contribution >= 0.6 is 11.6 Å². The molecule has 34 heavy (non-hydrogen) atoms. The van der Waals surface area contributed by atoms with E-state index in [4.69, 9.17) is 36.8 Å². The van der Waals surface area contributed by atoms with Crippen LogP contribution in [0.5, 0.6) is 5.75 Å². The number of hydrogen-bond donors (Lipinski definition) is 1. The van der Waals surface area contributed by atoms with Gasteiger partial charge < -0.3 is 15.2 Å². The molecule has 2 aromatic carbocycles. The number of rotatable bonds is 10. The summed E-state index contributed by atoms with van der Waals surface area (Å²) >= 11 is 6.37. The quantitative estimate of drug-likeness (QED) is 0.210. The van der Waals surface area contributed by atoms with Gasteiger partial charge in [0.05, 0.1) is 35.5 Å². The number of hydrogen-bond acceptors (Lipinski definition) is 6. The van der Waals surface area contributed by atoms with Crippen LogP contribution in [0.1, 0.15) is 55.8 Å². The number of ether oxygens (including phenoxy) is 2. The zero-order valence-electron chi connectivity index (χ0n) is 19.5. The SMILES string of the molecule is CCCCCCCCOC(=O)c1c(N)n(-c2ccc(OC)c(Cl)c2)c2nc3ccccc3nc12. The van der Waals surface area contributed by atoms with Crippen molar-refractivity contribution in [3.05, 3.63) is 53.1 Å². The highest BCUT2D eigenvalue weighted by atomic mass is 35.5. The summed E-state index contributed by atoms with van der Waals surface area (Å²) in [6.07, 6.45) is 6.63. The van der Waals surface area contributed by atoms with E-state index in [-0.39, 0.29) is 11.4 Å². The summed E-state index contributed by atoms with van der Waals surface area (Å²) < 4.78 is 12.5. The van der Waals surface area contributed by atoms with Crippen molar-refractivity contribution in [2.75, 3.05) is 19.5 Å². The van der Waals surface area contributed by atoms with Crippen molar-refractivity contribution in [3.63, 3.8) is 0 Å². The van der Waals surface area contributed by atoms with Gasteiger partial charge in [0.2, 0.25) is 0 Å². The van der Waals surface area contributed by atoms with Crippen molar-refractivity contribution in [1.29, 1.82) is 0 Å². The molecule has 2 heterocycles. The third kappa shape index (κ3) is 4.80. The molecular formula is C26H29ClN4O3. The fraction of sp³-hybridized carbons (Fsp3) is 0.346. The maximum Gasteiger partial charge on any atom is 0.344 e. The number of carbonyl (C=O) groups excluding carboxylic acids is 1. The third-order valence-electron chi connectivity index (χ3n) is 5.83. The number of nitrogen functional groups attached to an aromatic ring is 1. The van der Waals surface area contributed by atoms with Gasteiger partial charge >= 0.3 is 5.97 Å². The lowest BCUT2D eigenvalue weighted by Crippen LogP contribution is -2.10. The van der Waals surface area contributed by atoms with E-state index in [1.54, 1.807) is 23.8 Å². The topological polar surface area (TPSA) is 92.3 Å². The average molecular weight is 481 g/mol. The lowest BCUT2D eigenvalue weighted by atomic mass is 10.1. The van der Waals surface area contributed by atoms with Crippen molar-refractivity contribution in [1.82, 2.24) is 14.5 Å². The van der Waals surface area contributed by atoms with Crippen molar-refractivity contribution in [2.24, 2.45) is 0 Å². The molecule has 0 spiro atoms. The number of unbranched alkanes of at least 4 members (excludes halogenated alkanes) is 5. The van der Waals surface area contributed by atoms with Gasteiger partial charge in [0, 0.05) is 0 Å². The molecule has 0 saturated carbocycles. The van der Waals surface area contributed by atoms with Gasteiger partial charge in [-0.2, -0.15) is 0 Å². The first-order chi connectivity index (χ1) is 16.5. The highest BCUT2D eigenvalue weighted by molar-refractivity contribution is 6.32. The Labute approximate surface area is 203 Å². The molecule has 0 amide bonds. The largest absolute Gasteiger partial charge is 0.495 e. The van der Waals surface area contributed by atoms with Crippen LogP contribution < -0.4 is 10.5 Å². The lowest BCUT2D eigenvalue weighted by molar-refractivity contribution is 0.0501. The predicted molar refractivity (Wildman–Crippen MR) is 136 cm³/mol. The molecule has 0 saturated heterocycles. The monoisotopic (exact) mass is 480 g/mol. The molecule has 0 aliphatic heterocycles. The Kier molecular flexibility index (Phi) is 7.53. The molecule has 0 aliphatic rings. The van der Waals surface area contributed by atoms with E-state index in [9.17, 15) is 4.79 Å². The van der Waals surface area contributed by atoms with Crippen LogP contribution in [-0.4, -0.2) is 34.2 Å². The maximum absolute atomic E-state index is 13.1. The predicted octanol–water partition coefficient (Wildman–Crippen LogP) is 6.34. The first-order valence-corrected chi connectivity index (χ1v) is 12.0. The molecule has 0 atom stereocenters.